The molecular formula is C29H25O5PS. The van der Waals surface area contributed by atoms with Gasteiger partial charge < -0.3 is 14.4 Å². The van der Waals surface area contributed by atoms with E-state index in [1.807, 2.05) is 121 Å². The molecule has 0 aromatic heterocycles. The Morgan fingerprint density at radius 1 is 0.639 bits per heavy atom. The van der Waals surface area contributed by atoms with Crippen LogP contribution in [0.15, 0.2) is 121 Å². The fourth-order valence-electron chi connectivity index (χ4n) is 5.45. The summed E-state index contributed by atoms with van der Waals surface area (Å²) in [7, 11) is 0. The lowest BCUT2D eigenvalue weighted by Gasteiger charge is -2.42. The topological polar surface area (TPSA) is 65.0 Å². The van der Waals surface area contributed by atoms with E-state index in [9.17, 15) is 9.46 Å². The average Bonchev–Trinajstić information content (AvgIpc) is 3.40. The molecule has 5 nitrogen and oxygen atoms in total. The highest BCUT2D eigenvalue weighted by molar-refractivity contribution is 8.55. The molecule has 0 spiro atoms. The maximum absolute atomic E-state index is 14.2. The van der Waals surface area contributed by atoms with Gasteiger partial charge in [-0.15, -0.1) is 0 Å². The Bertz CT molecular complexity index is 1190. The summed E-state index contributed by atoms with van der Waals surface area (Å²) < 4.78 is 32.3. The van der Waals surface area contributed by atoms with Crippen LogP contribution in [0.2, 0.25) is 0 Å². The van der Waals surface area contributed by atoms with Crippen LogP contribution in [0.3, 0.4) is 0 Å². The highest BCUT2D eigenvalue weighted by atomic mass is 32.7. The molecule has 0 amide bonds. The molecule has 182 valence electrons. The lowest BCUT2D eigenvalue weighted by Crippen LogP contribution is -2.52. The van der Waals surface area contributed by atoms with Gasteiger partial charge >= 0.3 is 6.80 Å². The van der Waals surface area contributed by atoms with Gasteiger partial charge in [-0.1, -0.05) is 121 Å². The second kappa shape index (κ2) is 9.31. The van der Waals surface area contributed by atoms with Crippen LogP contribution in [-0.2, 0) is 28.9 Å². The molecule has 4 aromatic rings. The Labute approximate surface area is 214 Å². The van der Waals surface area contributed by atoms with E-state index < -0.39 is 29.4 Å². The van der Waals surface area contributed by atoms with Crippen LogP contribution in [0.4, 0.5) is 0 Å². The first-order chi connectivity index (χ1) is 17.6. The number of benzene rings is 4. The van der Waals surface area contributed by atoms with Crippen molar-refractivity contribution in [3.05, 3.63) is 144 Å². The molecule has 6 rings (SSSR count). The third kappa shape index (κ3) is 3.77. The Morgan fingerprint density at radius 3 is 1.47 bits per heavy atom. The van der Waals surface area contributed by atoms with Crippen LogP contribution >= 0.6 is 18.2 Å². The zero-order valence-electron chi connectivity index (χ0n) is 19.3. The summed E-state index contributed by atoms with van der Waals surface area (Å²) in [4.78, 5) is 11.6. The molecule has 3 atom stereocenters. The fraction of sp³-hybridized carbons (Fsp3) is 0.172. The predicted octanol–water partition coefficient (Wildman–Crippen LogP) is 6.48. The average molecular weight is 517 g/mol. The molecule has 1 N–H and O–H groups in total. The first-order valence-electron chi connectivity index (χ1n) is 11.8. The minimum Gasteiger partial charge on any atom is -0.347 e. The van der Waals surface area contributed by atoms with Crippen molar-refractivity contribution in [2.24, 2.45) is 0 Å². The first-order valence-corrected chi connectivity index (χ1v) is 14.8. The Kier molecular flexibility index (Phi) is 6.12. The van der Waals surface area contributed by atoms with Crippen LogP contribution in [0.5, 0.6) is 0 Å². The third-order valence-electron chi connectivity index (χ3n) is 6.90. The summed E-state index contributed by atoms with van der Waals surface area (Å²) in [5.41, 5.74) is 1.76. The van der Waals surface area contributed by atoms with Gasteiger partial charge in [0.25, 0.3) is 0 Å². The van der Waals surface area contributed by atoms with Crippen molar-refractivity contribution in [3.8, 4) is 0 Å². The van der Waals surface area contributed by atoms with Crippen LogP contribution in [-0.4, -0.2) is 23.9 Å². The number of fused-ring (bicyclic) bond motifs is 1. The van der Waals surface area contributed by atoms with Crippen molar-refractivity contribution < 1.29 is 23.5 Å². The Morgan fingerprint density at radius 2 is 1.03 bits per heavy atom. The molecule has 2 saturated heterocycles. The molecule has 0 aliphatic carbocycles. The van der Waals surface area contributed by atoms with E-state index in [0.29, 0.717) is 0 Å². The number of ether oxygens (including phenoxy) is 2. The standard InChI is InChI=1S/C29H25O5PS/c30-35(31)34-28(22-13-5-1-6-14-22,23-15-7-2-8-16-23)26-27(33-21-32-26)29(36-35,24-17-9-3-10-18-24)25-19-11-4-12-20-25/h1-20,26-27H,21H2,(H,30,31). The van der Waals surface area contributed by atoms with Gasteiger partial charge in [0.05, 0.1) is 0 Å². The predicted molar refractivity (Wildman–Crippen MR) is 140 cm³/mol. The molecule has 36 heavy (non-hydrogen) atoms. The molecule has 7 heteroatoms. The molecule has 3 unspecified atom stereocenters. The van der Waals surface area contributed by atoms with E-state index >= 15 is 0 Å². The van der Waals surface area contributed by atoms with Crippen molar-refractivity contribution in [1.29, 1.82) is 0 Å². The minimum absolute atomic E-state index is 0.0395. The second-order valence-corrected chi connectivity index (χ2v) is 12.8. The third-order valence-corrected chi connectivity index (χ3v) is 10.4. The molecular weight excluding hydrogens is 491 g/mol. The summed E-state index contributed by atoms with van der Waals surface area (Å²) in [6.45, 7) is -4.29. The van der Waals surface area contributed by atoms with Gasteiger partial charge in [-0.2, -0.15) is 0 Å². The number of hydrogen-bond donors (Lipinski definition) is 1. The van der Waals surface area contributed by atoms with E-state index in [1.54, 1.807) is 0 Å². The van der Waals surface area contributed by atoms with Gasteiger partial charge in [-0.25, -0.2) is 4.57 Å². The van der Waals surface area contributed by atoms with Gasteiger partial charge in [0.2, 0.25) is 0 Å². The smallest absolute Gasteiger partial charge is 0.347 e. The second-order valence-electron chi connectivity index (χ2n) is 8.88. The molecule has 2 heterocycles. The lowest BCUT2D eigenvalue weighted by atomic mass is 9.74. The Balaban J connectivity index is 1.68. The van der Waals surface area contributed by atoms with Crippen LogP contribution in [0.25, 0.3) is 0 Å². The largest absolute Gasteiger partial charge is 0.389 e. The minimum atomic E-state index is -4.33. The SMILES string of the molecule is O=P1(O)OC(c2ccccc2)(c2ccccc2)C2OCOC2C(c2ccccc2)(c2ccccc2)S1. The molecule has 0 saturated carbocycles. The summed E-state index contributed by atoms with van der Waals surface area (Å²) in [6.07, 6.45) is -1.37. The molecule has 0 radical (unpaired) electrons. The number of rotatable bonds is 4. The van der Waals surface area contributed by atoms with Crippen molar-refractivity contribution in [2.75, 3.05) is 6.79 Å². The van der Waals surface area contributed by atoms with Crippen molar-refractivity contribution in [2.45, 2.75) is 22.6 Å². The normalized spacial score (nSPS) is 26.6. The van der Waals surface area contributed by atoms with E-state index in [4.69, 9.17) is 14.0 Å². The zero-order valence-corrected chi connectivity index (χ0v) is 21.1. The maximum Gasteiger partial charge on any atom is 0.389 e. The molecule has 4 aromatic carbocycles. The van der Waals surface area contributed by atoms with Gasteiger partial charge in [-0.05, 0) is 33.6 Å². The highest BCUT2D eigenvalue weighted by Gasteiger charge is 2.65. The maximum atomic E-state index is 14.2. The van der Waals surface area contributed by atoms with Crippen LogP contribution in [0, 0.1) is 0 Å². The van der Waals surface area contributed by atoms with Crippen LogP contribution < -0.4 is 0 Å². The van der Waals surface area contributed by atoms with E-state index in [1.165, 1.54) is 0 Å². The van der Waals surface area contributed by atoms with Crippen molar-refractivity contribution >= 4 is 18.2 Å². The summed E-state index contributed by atoms with van der Waals surface area (Å²) >= 11 is 0.915. The Hall–Kier alpha value is -2.70. The highest BCUT2D eigenvalue weighted by Crippen LogP contribution is 2.74. The summed E-state index contributed by atoms with van der Waals surface area (Å²) in [5.74, 6) is 0. The van der Waals surface area contributed by atoms with Gasteiger partial charge in [0.1, 0.15) is 23.7 Å². The van der Waals surface area contributed by atoms with Crippen LogP contribution in [0.1, 0.15) is 22.3 Å². The lowest BCUT2D eigenvalue weighted by molar-refractivity contribution is -0.0531. The van der Waals surface area contributed by atoms with Gasteiger partial charge in [0, 0.05) is 0 Å². The number of hydrogen-bond acceptors (Lipinski definition) is 5. The molecule has 2 aliphatic rings. The van der Waals surface area contributed by atoms with E-state index in [-0.39, 0.29) is 6.79 Å². The first kappa shape index (κ1) is 23.7. The fourth-order valence-corrected chi connectivity index (χ4v) is 9.81. The van der Waals surface area contributed by atoms with Crippen molar-refractivity contribution in [1.82, 2.24) is 0 Å². The summed E-state index contributed by atoms with van der Waals surface area (Å²) in [5, 5.41) is 0. The van der Waals surface area contributed by atoms with Gasteiger partial charge in [0.15, 0.2) is 5.60 Å². The molecule has 2 fully saturated rings. The quantitative estimate of drug-likeness (QED) is 0.313. The molecule has 2 aliphatic heterocycles. The zero-order chi connectivity index (χ0) is 24.6. The summed E-state index contributed by atoms with van der Waals surface area (Å²) in [6, 6.07) is 38.5. The van der Waals surface area contributed by atoms with E-state index in [0.717, 1.165) is 33.6 Å². The van der Waals surface area contributed by atoms with E-state index in [2.05, 4.69) is 0 Å². The monoisotopic (exact) mass is 516 g/mol. The molecule has 0 bridgehead atoms. The van der Waals surface area contributed by atoms with Gasteiger partial charge in [-0.3, -0.25) is 4.52 Å². The van der Waals surface area contributed by atoms with Crippen molar-refractivity contribution in [3.63, 3.8) is 0 Å².